The number of nitrogens with one attached hydrogen (secondary N) is 1. The van der Waals surface area contributed by atoms with Crippen LogP contribution in [0.3, 0.4) is 0 Å². The Kier molecular flexibility index (Phi) is 4.10. The van der Waals surface area contributed by atoms with Crippen LogP contribution in [0.5, 0.6) is 0 Å². The maximum atomic E-state index is 11.0. The Balaban J connectivity index is 1.61. The van der Waals surface area contributed by atoms with Crippen molar-refractivity contribution < 1.29 is 4.79 Å². The molecule has 1 amide bonds. The van der Waals surface area contributed by atoms with Crippen molar-refractivity contribution in [2.24, 2.45) is 5.10 Å². The number of carbonyl (C=O) groups is 1. The van der Waals surface area contributed by atoms with Gasteiger partial charge in [-0.25, -0.2) is 5.43 Å². The van der Waals surface area contributed by atoms with E-state index in [0.29, 0.717) is 6.42 Å². The van der Waals surface area contributed by atoms with Crippen molar-refractivity contribution >= 4 is 11.6 Å². The van der Waals surface area contributed by atoms with Gasteiger partial charge in [-0.1, -0.05) is 54.6 Å². The number of hydrogen-bond donors (Lipinski definition) is 1. The fraction of sp³-hybridized carbons (Fsp3) is 0.222. The van der Waals surface area contributed by atoms with Gasteiger partial charge in [0.05, 0.1) is 0 Å². The minimum atomic E-state index is 0.0194. The summed E-state index contributed by atoms with van der Waals surface area (Å²) in [5.41, 5.74) is 7.41. The normalized spacial score (nSPS) is 14.5. The predicted octanol–water partition coefficient (Wildman–Crippen LogP) is 3.55. The summed E-state index contributed by atoms with van der Waals surface area (Å²) in [7, 11) is 0. The fourth-order valence-electron chi connectivity index (χ4n) is 2.48. The first-order chi connectivity index (χ1) is 10.3. The van der Waals surface area contributed by atoms with E-state index < -0.39 is 0 Å². The van der Waals surface area contributed by atoms with Crippen molar-refractivity contribution in [1.29, 1.82) is 0 Å². The number of amides is 1. The van der Waals surface area contributed by atoms with Gasteiger partial charge in [-0.05, 0) is 36.0 Å². The molecule has 1 aliphatic rings. The van der Waals surface area contributed by atoms with E-state index in [4.69, 9.17) is 0 Å². The maximum absolute atomic E-state index is 11.0. The molecule has 0 unspecified atom stereocenters. The molecule has 21 heavy (non-hydrogen) atoms. The zero-order valence-electron chi connectivity index (χ0n) is 11.9. The predicted molar refractivity (Wildman–Crippen MR) is 85.0 cm³/mol. The van der Waals surface area contributed by atoms with E-state index in [2.05, 4.69) is 59.1 Å². The highest BCUT2D eigenvalue weighted by atomic mass is 16.2. The van der Waals surface area contributed by atoms with Gasteiger partial charge >= 0.3 is 0 Å². The number of nitrogens with zero attached hydrogens (tertiary/aromatic N) is 1. The molecule has 2 aromatic rings. The van der Waals surface area contributed by atoms with Crippen molar-refractivity contribution in [3.63, 3.8) is 0 Å². The van der Waals surface area contributed by atoms with Crippen molar-refractivity contribution in [1.82, 2.24) is 5.43 Å². The molecule has 106 valence electrons. The van der Waals surface area contributed by atoms with E-state index >= 15 is 0 Å². The van der Waals surface area contributed by atoms with Crippen LogP contribution in [0.2, 0.25) is 0 Å². The van der Waals surface area contributed by atoms with E-state index in [1.165, 1.54) is 16.7 Å². The molecule has 0 radical (unpaired) electrons. The number of hydrogen-bond acceptors (Lipinski definition) is 2. The summed E-state index contributed by atoms with van der Waals surface area (Å²) in [6.45, 7) is 0. The molecule has 3 heteroatoms. The minimum Gasteiger partial charge on any atom is -0.273 e. The van der Waals surface area contributed by atoms with Gasteiger partial charge in [-0.3, -0.25) is 4.79 Å². The minimum absolute atomic E-state index is 0.0194. The third-order valence-electron chi connectivity index (χ3n) is 3.74. The summed E-state index contributed by atoms with van der Waals surface area (Å²) >= 11 is 0. The standard InChI is InChI=1S/C18H18N2O/c21-18-13-12-17(19-20-18)11-8-14-6-9-16(10-7-14)15-4-2-1-3-5-15/h1-7,9-10H,8,11-13H2,(H,20,21). The molecule has 0 atom stereocenters. The average molecular weight is 278 g/mol. The summed E-state index contributed by atoms with van der Waals surface area (Å²) in [5, 5.41) is 4.11. The van der Waals surface area contributed by atoms with Crippen LogP contribution >= 0.6 is 0 Å². The molecular formula is C18H18N2O. The number of rotatable bonds is 4. The third kappa shape index (κ3) is 3.57. The number of aryl methyl sites for hydroxylation is 1. The highest BCUT2D eigenvalue weighted by molar-refractivity contribution is 5.92. The Hall–Kier alpha value is -2.42. The van der Waals surface area contributed by atoms with Crippen molar-refractivity contribution in [2.45, 2.75) is 25.7 Å². The van der Waals surface area contributed by atoms with Crippen LogP contribution in [0.4, 0.5) is 0 Å². The molecule has 0 saturated carbocycles. The molecule has 0 aromatic heterocycles. The summed E-state index contributed by atoms with van der Waals surface area (Å²) in [5.74, 6) is 0.0194. The van der Waals surface area contributed by atoms with Crippen LogP contribution in [0.1, 0.15) is 24.8 Å². The zero-order valence-corrected chi connectivity index (χ0v) is 11.9. The van der Waals surface area contributed by atoms with Gasteiger partial charge in [0.15, 0.2) is 0 Å². The van der Waals surface area contributed by atoms with E-state index in [0.717, 1.165) is 25.0 Å². The lowest BCUT2D eigenvalue weighted by Crippen LogP contribution is -2.25. The molecule has 0 spiro atoms. The second kappa shape index (κ2) is 6.35. The lowest BCUT2D eigenvalue weighted by molar-refractivity contribution is -0.121. The summed E-state index contributed by atoms with van der Waals surface area (Å²) in [6, 6.07) is 19.0. The quantitative estimate of drug-likeness (QED) is 0.913. The van der Waals surface area contributed by atoms with Crippen LogP contribution in [0.25, 0.3) is 11.1 Å². The molecular weight excluding hydrogens is 260 g/mol. The average Bonchev–Trinajstić information content (AvgIpc) is 2.56. The highest BCUT2D eigenvalue weighted by Gasteiger charge is 2.11. The first kappa shape index (κ1) is 13.6. The van der Waals surface area contributed by atoms with Gasteiger partial charge in [0.25, 0.3) is 0 Å². The van der Waals surface area contributed by atoms with Gasteiger partial charge in [0, 0.05) is 12.1 Å². The Morgan fingerprint density at radius 3 is 2.24 bits per heavy atom. The van der Waals surface area contributed by atoms with Crippen LogP contribution in [0, 0.1) is 0 Å². The van der Waals surface area contributed by atoms with Crippen LogP contribution < -0.4 is 5.43 Å². The second-order valence-electron chi connectivity index (χ2n) is 5.28. The molecule has 0 fully saturated rings. The van der Waals surface area contributed by atoms with Crippen molar-refractivity contribution in [2.75, 3.05) is 0 Å². The first-order valence-corrected chi connectivity index (χ1v) is 7.30. The smallest absolute Gasteiger partial charge is 0.240 e. The summed E-state index contributed by atoms with van der Waals surface area (Å²) in [4.78, 5) is 11.0. The SMILES string of the molecule is O=C1CCC(CCc2ccc(-c3ccccc3)cc2)=NN1. The second-order valence-corrected chi connectivity index (χ2v) is 5.28. The Morgan fingerprint density at radius 1 is 0.857 bits per heavy atom. The molecule has 3 rings (SSSR count). The number of benzene rings is 2. The van der Waals surface area contributed by atoms with Crippen molar-refractivity contribution in [3.05, 3.63) is 60.2 Å². The Morgan fingerprint density at radius 2 is 1.57 bits per heavy atom. The molecule has 2 aromatic carbocycles. The van der Waals surface area contributed by atoms with Gasteiger partial charge in [-0.15, -0.1) is 0 Å². The van der Waals surface area contributed by atoms with Gasteiger partial charge in [-0.2, -0.15) is 5.10 Å². The van der Waals surface area contributed by atoms with Gasteiger partial charge in [0.1, 0.15) is 0 Å². The van der Waals surface area contributed by atoms with E-state index in [1.807, 2.05) is 6.07 Å². The van der Waals surface area contributed by atoms with Crippen LogP contribution in [-0.2, 0) is 11.2 Å². The third-order valence-corrected chi connectivity index (χ3v) is 3.74. The lowest BCUT2D eigenvalue weighted by Gasteiger charge is -2.11. The largest absolute Gasteiger partial charge is 0.273 e. The molecule has 0 saturated heterocycles. The lowest BCUT2D eigenvalue weighted by atomic mass is 10.00. The number of hydrazone groups is 1. The summed E-state index contributed by atoms with van der Waals surface area (Å²) in [6.07, 6.45) is 3.22. The molecule has 1 N–H and O–H groups in total. The molecule has 3 nitrogen and oxygen atoms in total. The van der Waals surface area contributed by atoms with E-state index in [9.17, 15) is 4.79 Å². The first-order valence-electron chi connectivity index (χ1n) is 7.30. The van der Waals surface area contributed by atoms with Gasteiger partial charge < -0.3 is 0 Å². The van der Waals surface area contributed by atoms with Crippen molar-refractivity contribution in [3.8, 4) is 11.1 Å². The molecule has 1 heterocycles. The molecule has 0 aliphatic carbocycles. The Bertz CT molecular complexity index is 645. The zero-order chi connectivity index (χ0) is 14.5. The fourth-order valence-corrected chi connectivity index (χ4v) is 2.48. The number of carbonyl (C=O) groups excluding carboxylic acids is 1. The van der Waals surface area contributed by atoms with E-state index in [1.54, 1.807) is 0 Å². The monoisotopic (exact) mass is 278 g/mol. The van der Waals surface area contributed by atoms with Crippen LogP contribution in [-0.4, -0.2) is 11.6 Å². The highest BCUT2D eigenvalue weighted by Crippen LogP contribution is 2.20. The molecule has 0 bridgehead atoms. The molecule has 1 aliphatic heterocycles. The Labute approximate surface area is 124 Å². The van der Waals surface area contributed by atoms with Crippen LogP contribution in [0.15, 0.2) is 59.7 Å². The summed E-state index contributed by atoms with van der Waals surface area (Å²) < 4.78 is 0. The maximum Gasteiger partial charge on any atom is 0.240 e. The van der Waals surface area contributed by atoms with E-state index in [-0.39, 0.29) is 5.91 Å². The van der Waals surface area contributed by atoms with Gasteiger partial charge in [0.2, 0.25) is 5.91 Å². The topological polar surface area (TPSA) is 41.5 Å².